The molecule has 2 saturated heterocycles. The minimum Gasteiger partial charge on any atom is -0.481 e. The number of amides is 1. The van der Waals surface area contributed by atoms with Crippen LogP contribution in [0.5, 0.6) is 0 Å². The zero-order valence-corrected chi connectivity index (χ0v) is 20.6. The van der Waals surface area contributed by atoms with Crippen LogP contribution in [-0.2, 0) is 11.0 Å². The number of likely N-dealkylation sites (tertiary alicyclic amines) is 1. The molecule has 3 N–H and O–H groups in total. The minimum atomic E-state index is -4.70. The summed E-state index contributed by atoms with van der Waals surface area (Å²) >= 11 is 0. The first kappa shape index (κ1) is 26.6. The third kappa shape index (κ3) is 6.46. The molecule has 4 rings (SSSR count). The predicted octanol–water partition coefficient (Wildman–Crippen LogP) is 3.14. The molecule has 200 valence electrons. The van der Waals surface area contributed by atoms with Gasteiger partial charge in [-0.1, -0.05) is 0 Å². The Hall–Kier alpha value is -3.45. The highest BCUT2D eigenvalue weighted by Gasteiger charge is 2.37. The summed E-state index contributed by atoms with van der Waals surface area (Å²) in [4.78, 5) is 35.9. The Morgan fingerprint density at radius 2 is 1.78 bits per heavy atom. The number of alkyl halides is 3. The average molecular weight is 522 g/mol. The van der Waals surface area contributed by atoms with E-state index in [0.717, 1.165) is 25.9 Å². The van der Waals surface area contributed by atoms with Gasteiger partial charge in [0.25, 0.3) is 5.91 Å². The van der Waals surface area contributed by atoms with Crippen LogP contribution in [-0.4, -0.2) is 88.1 Å². The summed E-state index contributed by atoms with van der Waals surface area (Å²) in [5.41, 5.74) is 2.54. The highest BCUT2D eigenvalue weighted by molar-refractivity contribution is 5.94. The average Bonchev–Trinajstić information content (AvgIpc) is 3.32. The van der Waals surface area contributed by atoms with Crippen LogP contribution in [0.2, 0.25) is 0 Å². The summed E-state index contributed by atoms with van der Waals surface area (Å²) in [5, 5.41) is 13.4. The van der Waals surface area contributed by atoms with E-state index in [9.17, 15) is 22.8 Å². The minimum absolute atomic E-state index is 0.0564. The molecule has 2 fully saturated rings. The van der Waals surface area contributed by atoms with E-state index in [1.54, 1.807) is 36.2 Å². The maximum absolute atomic E-state index is 13.5. The molecule has 0 aliphatic carbocycles. The lowest BCUT2D eigenvalue weighted by Gasteiger charge is -2.35. The Morgan fingerprint density at radius 3 is 2.38 bits per heavy atom. The van der Waals surface area contributed by atoms with Crippen molar-refractivity contribution in [3.8, 4) is 0 Å². The van der Waals surface area contributed by atoms with E-state index in [2.05, 4.69) is 32.7 Å². The van der Waals surface area contributed by atoms with Gasteiger partial charge in [-0.3, -0.25) is 9.59 Å². The van der Waals surface area contributed by atoms with Crippen molar-refractivity contribution in [2.24, 2.45) is 5.92 Å². The van der Waals surface area contributed by atoms with Gasteiger partial charge in [-0.15, -0.1) is 0 Å². The number of anilines is 3. The number of hydrogen-bond acceptors (Lipinski definition) is 8. The molecule has 10 nitrogen and oxygen atoms in total. The largest absolute Gasteiger partial charge is 0.481 e. The third-order valence-electron chi connectivity index (χ3n) is 6.84. The Kier molecular flexibility index (Phi) is 7.83. The molecule has 1 aromatic heterocycles. The second-order valence-corrected chi connectivity index (χ2v) is 9.49. The number of carboxylic acid groups (broad SMARTS) is 1. The molecule has 1 atom stereocenters. The lowest BCUT2D eigenvalue weighted by atomic mass is 10.0. The predicted molar refractivity (Wildman–Crippen MR) is 130 cm³/mol. The summed E-state index contributed by atoms with van der Waals surface area (Å²) < 4.78 is 40.6. The highest BCUT2D eigenvalue weighted by Crippen LogP contribution is 2.35. The lowest BCUT2D eigenvalue weighted by molar-refractivity contribution is -0.141. The van der Waals surface area contributed by atoms with Crippen molar-refractivity contribution < 1.29 is 27.9 Å². The number of nitrogens with one attached hydrogen (secondary N) is 2. The maximum Gasteiger partial charge on any atom is 0.421 e. The summed E-state index contributed by atoms with van der Waals surface area (Å²) in [6.07, 6.45) is -1.88. The number of carbonyl (C=O) groups is 2. The number of piperidine rings is 1. The molecule has 0 unspecified atom stereocenters. The molecule has 2 aliphatic heterocycles. The number of carboxylic acids is 1. The van der Waals surface area contributed by atoms with Gasteiger partial charge in [0.2, 0.25) is 5.95 Å². The Labute approximate surface area is 212 Å². The lowest BCUT2D eigenvalue weighted by Crippen LogP contribution is -2.44. The Morgan fingerprint density at radius 1 is 1.11 bits per heavy atom. The molecule has 2 aromatic rings. The zero-order chi connectivity index (χ0) is 26.7. The normalized spacial score (nSPS) is 19.5. The number of hydrogen-bond donors (Lipinski definition) is 3. The van der Waals surface area contributed by atoms with E-state index in [4.69, 9.17) is 5.11 Å². The summed E-state index contributed by atoms with van der Waals surface area (Å²) in [6.45, 7) is 2.20. The fourth-order valence-electron chi connectivity index (χ4n) is 4.52. The number of rotatable bonds is 7. The third-order valence-corrected chi connectivity index (χ3v) is 6.84. The SMILES string of the molecule is CN1CCC(N(C)C(=O)c2ccc(Nc3ncc(C(F)(F)F)c(NN4CC[C@@H](C(=O)O)C4)n3)cc2)CC1. The fourth-order valence-corrected chi connectivity index (χ4v) is 4.52. The molecular formula is C24H30F3N7O3. The molecule has 0 bridgehead atoms. The first-order chi connectivity index (χ1) is 17.5. The van der Waals surface area contributed by atoms with Gasteiger partial charge in [-0.25, -0.2) is 9.99 Å². The van der Waals surface area contributed by atoms with Crippen LogP contribution < -0.4 is 10.7 Å². The smallest absolute Gasteiger partial charge is 0.421 e. The first-order valence-electron chi connectivity index (χ1n) is 12.0. The van der Waals surface area contributed by atoms with Crippen molar-refractivity contribution in [1.29, 1.82) is 0 Å². The molecule has 1 amide bonds. The van der Waals surface area contributed by atoms with Gasteiger partial charge in [0.05, 0.1) is 5.92 Å². The molecule has 0 saturated carbocycles. The highest BCUT2D eigenvalue weighted by atomic mass is 19.4. The van der Waals surface area contributed by atoms with Gasteiger partial charge in [0.1, 0.15) is 5.56 Å². The second-order valence-electron chi connectivity index (χ2n) is 9.49. The fraction of sp³-hybridized carbons (Fsp3) is 0.500. The van der Waals surface area contributed by atoms with Crippen LogP contribution in [0.4, 0.5) is 30.6 Å². The van der Waals surface area contributed by atoms with Gasteiger partial charge in [-0.05, 0) is 63.7 Å². The monoisotopic (exact) mass is 521 g/mol. The summed E-state index contributed by atoms with van der Waals surface area (Å²) in [5.74, 6) is -2.30. The van der Waals surface area contributed by atoms with E-state index in [1.807, 2.05) is 0 Å². The van der Waals surface area contributed by atoms with Crippen LogP contribution in [0, 0.1) is 5.92 Å². The van der Waals surface area contributed by atoms with Crippen LogP contribution in [0.25, 0.3) is 0 Å². The van der Waals surface area contributed by atoms with E-state index in [0.29, 0.717) is 23.9 Å². The Bertz CT molecular complexity index is 1120. The van der Waals surface area contributed by atoms with E-state index in [1.165, 1.54) is 5.01 Å². The van der Waals surface area contributed by atoms with Crippen LogP contribution in [0.3, 0.4) is 0 Å². The van der Waals surface area contributed by atoms with Gasteiger partial charge in [-0.2, -0.15) is 18.2 Å². The standard InChI is InChI=1S/C24H30F3N7O3/c1-32-10-8-18(9-11-32)33(2)21(35)15-3-5-17(6-4-15)29-23-28-13-19(24(25,26)27)20(30-23)31-34-12-7-16(14-34)22(36)37/h3-6,13,16,18H,7-12,14H2,1-2H3,(H,36,37)(H2,28,29,30,31)/t16-/m1/s1. The van der Waals surface area contributed by atoms with E-state index >= 15 is 0 Å². The molecule has 13 heteroatoms. The van der Waals surface area contributed by atoms with Crippen LogP contribution in [0.1, 0.15) is 35.2 Å². The summed E-state index contributed by atoms with van der Waals surface area (Å²) in [6, 6.07) is 6.75. The number of halogens is 3. The number of aliphatic carboxylic acids is 1. The molecule has 0 radical (unpaired) electrons. The topological polar surface area (TPSA) is 114 Å². The van der Waals surface area contributed by atoms with Crippen molar-refractivity contribution >= 4 is 29.3 Å². The molecule has 0 spiro atoms. The zero-order valence-electron chi connectivity index (χ0n) is 20.6. The van der Waals surface area contributed by atoms with Gasteiger partial charge in [0, 0.05) is 43.6 Å². The number of carbonyl (C=O) groups excluding carboxylic acids is 1. The Balaban J connectivity index is 1.45. The van der Waals surface area contributed by atoms with Crippen molar-refractivity contribution in [3.05, 3.63) is 41.6 Å². The van der Waals surface area contributed by atoms with Crippen LogP contribution >= 0.6 is 0 Å². The number of hydrazine groups is 1. The van der Waals surface area contributed by atoms with Crippen molar-refractivity contribution in [3.63, 3.8) is 0 Å². The molecule has 37 heavy (non-hydrogen) atoms. The summed E-state index contributed by atoms with van der Waals surface area (Å²) in [7, 11) is 3.86. The van der Waals surface area contributed by atoms with E-state index in [-0.39, 0.29) is 31.0 Å². The van der Waals surface area contributed by atoms with Crippen LogP contribution in [0.15, 0.2) is 30.5 Å². The quantitative estimate of drug-likeness (QED) is 0.506. The van der Waals surface area contributed by atoms with E-state index < -0.39 is 29.4 Å². The maximum atomic E-state index is 13.5. The second kappa shape index (κ2) is 10.9. The molecule has 3 heterocycles. The number of benzene rings is 1. The molecule has 1 aromatic carbocycles. The molecular weight excluding hydrogens is 491 g/mol. The number of aromatic nitrogens is 2. The molecule has 2 aliphatic rings. The van der Waals surface area contributed by atoms with Crippen molar-refractivity contribution in [2.45, 2.75) is 31.5 Å². The van der Waals surface area contributed by atoms with Crippen molar-refractivity contribution in [1.82, 2.24) is 24.8 Å². The van der Waals surface area contributed by atoms with Gasteiger partial charge in [0.15, 0.2) is 5.82 Å². The van der Waals surface area contributed by atoms with Gasteiger partial charge >= 0.3 is 12.1 Å². The number of nitrogens with zero attached hydrogens (tertiary/aromatic N) is 5. The van der Waals surface area contributed by atoms with Gasteiger partial charge < -0.3 is 25.6 Å². The first-order valence-corrected chi connectivity index (χ1v) is 12.0. The van der Waals surface area contributed by atoms with Crippen molar-refractivity contribution in [2.75, 3.05) is 51.0 Å².